The molecule has 2 aromatic rings. The van der Waals surface area contributed by atoms with E-state index in [4.69, 9.17) is 0 Å². The molecule has 0 aliphatic carbocycles. The van der Waals surface area contributed by atoms with Crippen LogP contribution in [0.15, 0.2) is 48.5 Å². The van der Waals surface area contributed by atoms with E-state index < -0.39 is 28.3 Å². The first kappa shape index (κ1) is 16.9. The van der Waals surface area contributed by atoms with Crippen molar-refractivity contribution in [3.05, 3.63) is 70.8 Å². The van der Waals surface area contributed by atoms with Crippen molar-refractivity contribution in [1.82, 2.24) is 0 Å². The second-order valence-corrected chi connectivity index (χ2v) is 5.52. The molecule has 0 spiro atoms. The second kappa shape index (κ2) is 5.95. The largest absolute Gasteiger partial charge is 0.416 e. The molecular weight excluding hydrogens is 374 g/mol. The molecule has 0 saturated heterocycles. The van der Waals surface area contributed by atoms with Gasteiger partial charge in [0.15, 0.2) is 0 Å². The zero-order valence-corrected chi connectivity index (χ0v) is 12.4. The summed E-state index contributed by atoms with van der Waals surface area (Å²) >= 11 is 3.28. The zero-order valence-electron chi connectivity index (χ0n) is 10.8. The first-order valence-corrected chi connectivity index (χ1v) is 6.99. The molecule has 0 aromatic heterocycles. The molecule has 0 atom stereocenters. The Hall–Kier alpha value is -1.50. The summed E-state index contributed by atoms with van der Waals surface area (Å²) in [6.45, 7) is 0. The number of benzene rings is 2. The summed E-state index contributed by atoms with van der Waals surface area (Å²) in [7, 11) is 0. The molecule has 7 heteroatoms. The summed E-state index contributed by atoms with van der Waals surface area (Å²) in [6, 6.07) is 8.92. The van der Waals surface area contributed by atoms with Gasteiger partial charge in [-0.25, -0.2) is 0 Å². The highest BCUT2D eigenvalue weighted by Gasteiger charge is 2.31. The highest BCUT2D eigenvalue weighted by Crippen LogP contribution is 2.36. The summed E-state index contributed by atoms with van der Waals surface area (Å²) in [5.74, 6) is 0. The van der Waals surface area contributed by atoms with Crippen LogP contribution in [0.25, 0.3) is 0 Å². The fourth-order valence-electron chi connectivity index (χ4n) is 1.87. The van der Waals surface area contributed by atoms with Gasteiger partial charge in [0.25, 0.3) is 0 Å². The predicted molar refractivity (Wildman–Crippen MR) is 73.7 cm³/mol. The third-order valence-electron chi connectivity index (χ3n) is 3.06. The Labute approximate surface area is 130 Å². The van der Waals surface area contributed by atoms with Gasteiger partial charge < -0.3 is 0 Å². The van der Waals surface area contributed by atoms with E-state index in [9.17, 15) is 26.3 Å². The van der Waals surface area contributed by atoms with Crippen LogP contribution in [0.5, 0.6) is 0 Å². The molecule has 0 bridgehead atoms. The van der Waals surface area contributed by atoms with Gasteiger partial charge in [0.2, 0.25) is 0 Å². The summed E-state index contributed by atoms with van der Waals surface area (Å²) in [6.07, 6.45) is -8.84. The Balaban J connectivity index is 2.23. The Morgan fingerprint density at radius 2 is 0.864 bits per heavy atom. The van der Waals surface area contributed by atoms with Gasteiger partial charge in [0.1, 0.15) is 0 Å². The molecule has 2 aromatic carbocycles. The van der Waals surface area contributed by atoms with Gasteiger partial charge in [-0.2, -0.15) is 26.3 Å². The normalized spacial score (nSPS) is 12.7. The van der Waals surface area contributed by atoms with Crippen LogP contribution in [0.3, 0.4) is 0 Å². The molecule has 0 heterocycles. The van der Waals surface area contributed by atoms with Crippen molar-refractivity contribution in [3.8, 4) is 0 Å². The third kappa shape index (κ3) is 3.82. The van der Waals surface area contributed by atoms with Crippen molar-refractivity contribution >= 4 is 15.9 Å². The Kier molecular flexibility index (Phi) is 4.56. The summed E-state index contributed by atoms with van der Waals surface area (Å²) in [4.78, 5) is -0.489. The number of halogens is 7. The van der Waals surface area contributed by atoms with Gasteiger partial charge in [-0.05, 0) is 35.4 Å². The van der Waals surface area contributed by atoms with E-state index in [0.29, 0.717) is 11.1 Å². The molecular formula is C15H9BrF6. The lowest BCUT2D eigenvalue weighted by Gasteiger charge is -2.14. The van der Waals surface area contributed by atoms with Crippen LogP contribution in [-0.2, 0) is 12.4 Å². The average molecular weight is 383 g/mol. The average Bonchev–Trinajstić information content (AvgIpc) is 2.45. The standard InChI is InChI=1S/C15H9BrF6/c16-13(9-1-5-11(6-2-9)14(17,18)19)10-3-7-12(8-4-10)15(20,21)22/h1-8,13H. The molecule has 0 saturated carbocycles. The van der Waals surface area contributed by atoms with Gasteiger partial charge in [0.05, 0.1) is 16.0 Å². The summed E-state index contributed by atoms with van der Waals surface area (Å²) < 4.78 is 74.9. The van der Waals surface area contributed by atoms with Crippen molar-refractivity contribution in [3.63, 3.8) is 0 Å². The van der Waals surface area contributed by atoms with Crippen LogP contribution in [0, 0.1) is 0 Å². The third-order valence-corrected chi connectivity index (χ3v) is 4.12. The van der Waals surface area contributed by atoms with Gasteiger partial charge in [0, 0.05) is 0 Å². The molecule has 0 nitrogen and oxygen atoms in total. The maximum Gasteiger partial charge on any atom is 0.416 e. The van der Waals surface area contributed by atoms with E-state index in [-0.39, 0.29) is 0 Å². The molecule has 2 rings (SSSR count). The topological polar surface area (TPSA) is 0 Å². The van der Waals surface area contributed by atoms with Crippen molar-refractivity contribution in [2.45, 2.75) is 17.2 Å². The van der Waals surface area contributed by atoms with Gasteiger partial charge in [-0.3, -0.25) is 0 Å². The lowest BCUT2D eigenvalue weighted by molar-refractivity contribution is -0.138. The van der Waals surface area contributed by atoms with Crippen molar-refractivity contribution < 1.29 is 26.3 Å². The lowest BCUT2D eigenvalue weighted by Crippen LogP contribution is -2.06. The quantitative estimate of drug-likeness (QED) is 0.427. The predicted octanol–water partition coefficient (Wildman–Crippen LogP) is 6.21. The molecule has 0 radical (unpaired) electrons. The van der Waals surface area contributed by atoms with Crippen LogP contribution in [0.1, 0.15) is 27.1 Å². The van der Waals surface area contributed by atoms with Crippen molar-refractivity contribution in [1.29, 1.82) is 0 Å². The Bertz CT molecular complexity index is 568. The smallest absolute Gasteiger partial charge is 0.166 e. The molecule has 118 valence electrons. The fourth-order valence-corrected chi connectivity index (χ4v) is 2.49. The number of rotatable bonds is 2. The molecule has 0 N–H and O–H groups in total. The second-order valence-electron chi connectivity index (χ2n) is 4.60. The first-order valence-electron chi connectivity index (χ1n) is 6.07. The molecule has 22 heavy (non-hydrogen) atoms. The maximum atomic E-state index is 12.5. The van der Waals surface area contributed by atoms with Crippen LogP contribution < -0.4 is 0 Å². The SMILES string of the molecule is FC(F)(F)c1ccc(C(Br)c2ccc(C(F)(F)F)cc2)cc1. The van der Waals surface area contributed by atoms with E-state index in [1.165, 1.54) is 24.3 Å². The Morgan fingerprint density at radius 3 is 1.09 bits per heavy atom. The van der Waals surface area contributed by atoms with Gasteiger partial charge in [-0.15, -0.1) is 0 Å². The number of alkyl halides is 7. The van der Waals surface area contributed by atoms with Crippen molar-refractivity contribution in [2.75, 3.05) is 0 Å². The Morgan fingerprint density at radius 1 is 0.591 bits per heavy atom. The minimum Gasteiger partial charge on any atom is -0.166 e. The minimum atomic E-state index is -4.42. The summed E-state index contributed by atoms with van der Waals surface area (Å²) in [5.41, 5.74) is -0.507. The van der Waals surface area contributed by atoms with E-state index >= 15 is 0 Å². The molecule has 0 aliphatic heterocycles. The lowest BCUT2D eigenvalue weighted by atomic mass is 10.0. The van der Waals surface area contributed by atoms with E-state index in [1.807, 2.05) is 0 Å². The van der Waals surface area contributed by atoms with Gasteiger partial charge in [-0.1, -0.05) is 40.2 Å². The van der Waals surface area contributed by atoms with E-state index in [2.05, 4.69) is 15.9 Å². The molecule has 0 amide bonds. The van der Waals surface area contributed by atoms with Crippen LogP contribution in [-0.4, -0.2) is 0 Å². The van der Waals surface area contributed by atoms with Gasteiger partial charge >= 0.3 is 12.4 Å². The fraction of sp³-hybridized carbons (Fsp3) is 0.200. The molecule has 0 fully saturated rings. The highest BCUT2D eigenvalue weighted by atomic mass is 79.9. The monoisotopic (exact) mass is 382 g/mol. The maximum absolute atomic E-state index is 12.5. The van der Waals surface area contributed by atoms with E-state index in [1.54, 1.807) is 0 Å². The molecule has 0 unspecified atom stereocenters. The highest BCUT2D eigenvalue weighted by molar-refractivity contribution is 9.09. The van der Waals surface area contributed by atoms with Crippen LogP contribution >= 0.6 is 15.9 Å². The molecule has 0 aliphatic rings. The van der Waals surface area contributed by atoms with Crippen LogP contribution in [0.2, 0.25) is 0 Å². The number of hydrogen-bond donors (Lipinski definition) is 0. The zero-order chi connectivity index (χ0) is 16.5. The van der Waals surface area contributed by atoms with Crippen molar-refractivity contribution in [2.24, 2.45) is 0 Å². The van der Waals surface area contributed by atoms with E-state index in [0.717, 1.165) is 24.3 Å². The minimum absolute atomic E-state index is 0.489. The number of hydrogen-bond acceptors (Lipinski definition) is 0. The van der Waals surface area contributed by atoms with Crippen LogP contribution in [0.4, 0.5) is 26.3 Å². The summed E-state index contributed by atoms with van der Waals surface area (Å²) in [5, 5.41) is 0. The first-order chi connectivity index (χ1) is 10.1.